The fraction of sp³-hybridized carbons (Fsp3) is 0.375. The highest BCUT2D eigenvalue weighted by Gasteiger charge is 2.33. The highest BCUT2D eigenvalue weighted by Crippen LogP contribution is 2.37. The largest absolute Gasteiger partial charge is 0.465 e. The van der Waals surface area contributed by atoms with Crippen molar-refractivity contribution in [2.75, 3.05) is 19.4 Å². The molecule has 24 heavy (non-hydrogen) atoms. The molecule has 2 aromatic rings. The summed E-state index contributed by atoms with van der Waals surface area (Å²) in [6.07, 6.45) is 1.87. The van der Waals surface area contributed by atoms with Gasteiger partial charge in [0.05, 0.1) is 31.2 Å². The lowest BCUT2D eigenvalue weighted by Gasteiger charge is -2.19. The molecule has 2 heterocycles. The molecule has 3 rings (SSSR count). The maximum absolute atomic E-state index is 11.8. The highest BCUT2D eigenvalue weighted by atomic mass is 32.2. The molecule has 126 valence electrons. The second kappa shape index (κ2) is 7.04. The molecule has 0 bridgehead atoms. The molecule has 0 saturated carbocycles. The Bertz CT molecular complexity index is 744. The molecular weight excluding hydrogens is 328 g/mol. The van der Waals surface area contributed by atoms with E-state index in [0.29, 0.717) is 24.4 Å². The molecule has 1 aromatic carbocycles. The van der Waals surface area contributed by atoms with Crippen LogP contribution in [0.3, 0.4) is 0 Å². The molecule has 0 aliphatic carbocycles. The van der Waals surface area contributed by atoms with Gasteiger partial charge in [0.1, 0.15) is 11.1 Å². The smallest absolute Gasteiger partial charge is 0.337 e. The molecule has 1 aromatic heterocycles. The summed E-state index contributed by atoms with van der Waals surface area (Å²) in [5.41, 5.74) is 2.31. The lowest BCUT2D eigenvalue weighted by Crippen LogP contribution is -2.27. The van der Waals surface area contributed by atoms with Crippen LogP contribution in [0.4, 0.5) is 0 Å². The second-order valence-corrected chi connectivity index (χ2v) is 6.44. The van der Waals surface area contributed by atoms with Crippen LogP contribution in [0.15, 0.2) is 30.5 Å². The molecule has 1 aliphatic rings. The topological polar surface area (TPSA) is 77.3 Å². The standard InChI is InChI=1S/C16H18N4O3S/c1-3-20-14(21)10-24-15(20)13-9-19(18-17-13)8-11-4-6-12(7-5-11)16(22)23-2/h4-7,9,15H,3,8,10H2,1-2H3/t15-/m1/s1. The first-order valence-corrected chi connectivity index (χ1v) is 8.65. The van der Waals surface area contributed by atoms with Crippen molar-refractivity contribution in [3.63, 3.8) is 0 Å². The van der Waals surface area contributed by atoms with Gasteiger partial charge in [0.2, 0.25) is 5.91 Å². The minimum atomic E-state index is -0.354. The van der Waals surface area contributed by atoms with Crippen LogP contribution >= 0.6 is 11.8 Å². The Morgan fingerprint density at radius 1 is 1.38 bits per heavy atom. The van der Waals surface area contributed by atoms with Crippen LogP contribution in [0.2, 0.25) is 0 Å². The number of esters is 1. The van der Waals surface area contributed by atoms with E-state index in [1.807, 2.05) is 30.2 Å². The third-order valence-corrected chi connectivity index (χ3v) is 5.06. The van der Waals surface area contributed by atoms with Gasteiger partial charge in [-0.25, -0.2) is 9.48 Å². The summed E-state index contributed by atoms with van der Waals surface area (Å²) in [6.45, 7) is 3.17. The average Bonchev–Trinajstić information content (AvgIpc) is 3.20. The third kappa shape index (κ3) is 3.28. The van der Waals surface area contributed by atoms with E-state index in [-0.39, 0.29) is 17.3 Å². The minimum absolute atomic E-state index is 0.0575. The average molecular weight is 346 g/mol. The van der Waals surface area contributed by atoms with E-state index in [2.05, 4.69) is 15.0 Å². The van der Waals surface area contributed by atoms with Crippen LogP contribution in [0.25, 0.3) is 0 Å². The van der Waals surface area contributed by atoms with Gasteiger partial charge in [-0.2, -0.15) is 0 Å². The predicted octanol–water partition coefficient (Wildman–Crippen LogP) is 1.71. The van der Waals surface area contributed by atoms with Crippen molar-refractivity contribution < 1.29 is 14.3 Å². The van der Waals surface area contributed by atoms with Crippen molar-refractivity contribution in [1.82, 2.24) is 19.9 Å². The fourth-order valence-corrected chi connectivity index (χ4v) is 3.79. The van der Waals surface area contributed by atoms with E-state index in [1.54, 1.807) is 28.6 Å². The van der Waals surface area contributed by atoms with E-state index >= 15 is 0 Å². The number of hydrogen-bond acceptors (Lipinski definition) is 6. The van der Waals surface area contributed by atoms with Crippen LogP contribution in [0, 0.1) is 0 Å². The molecule has 0 spiro atoms. The summed E-state index contributed by atoms with van der Waals surface area (Å²) in [5, 5.41) is 8.30. The van der Waals surface area contributed by atoms with Crippen LogP contribution < -0.4 is 0 Å². The van der Waals surface area contributed by atoms with E-state index in [0.717, 1.165) is 11.3 Å². The van der Waals surface area contributed by atoms with Crippen molar-refractivity contribution >= 4 is 23.6 Å². The lowest BCUT2D eigenvalue weighted by atomic mass is 10.1. The number of benzene rings is 1. The quantitative estimate of drug-likeness (QED) is 0.767. The summed E-state index contributed by atoms with van der Waals surface area (Å²) in [5.74, 6) is 0.271. The molecule has 1 saturated heterocycles. The van der Waals surface area contributed by atoms with Gasteiger partial charge in [-0.05, 0) is 24.6 Å². The maximum Gasteiger partial charge on any atom is 0.337 e. The molecule has 1 fully saturated rings. The third-order valence-electron chi connectivity index (χ3n) is 3.84. The molecule has 1 atom stereocenters. The summed E-state index contributed by atoms with van der Waals surface area (Å²) < 4.78 is 6.42. The number of aromatic nitrogens is 3. The van der Waals surface area contributed by atoms with Gasteiger partial charge in [-0.3, -0.25) is 4.79 Å². The summed E-state index contributed by atoms with van der Waals surface area (Å²) >= 11 is 1.57. The number of ether oxygens (including phenoxy) is 1. The van der Waals surface area contributed by atoms with Gasteiger partial charge in [0.15, 0.2) is 0 Å². The zero-order chi connectivity index (χ0) is 17.1. The van der Waals surface area contributed by atoms with Crippen LogP contribution in [0.1, 0.15) is 33.9 Å². The molecule has 7 nitrogen and oxygen atoms in total. The first kappa shape index (κ1) is 16.5. The first-order chi connectivity index (χ1) is 11.6. The van der Waals surface area contributed by atoms with Gasteiger partial charge in [-0.1, -0.05) is 17.3 Å². The zero-order valence-corrected chi connectivity index (χ0v) is 14.3. The van der Waals surface area contributed by atoms with Gasteiger partial charge in [-0.15, -0.1) is 16.9 Å². The lowest BCUT2D eigenvalue weighted by molar-refractivity contribution is -0.127. The Morgan fingerprint density at radius 2 is 2.12 bits per heavy atom. The molecule has 1 aliphatic heterocycles. The summed E-state index contributed by atoms with van der Waals surface area (Å²) in [7, 11) is 1.36. The minimum Gasteiger partial charge on any atom is -0.465 e. The number of rotatable bonds is 5. The fourth-order valence-electron chi connectivity index (χ4n) is 2.60. The number of thioether (sulfide) groups is 1. The van der Waals surface area contributed by atoms with Gasteiger partial charge in [0.25, 0.3) is 0 Å². The van der Waals surface area contributed by atoms with E-state index in [1.165, 1.54) is 7.11 Å². The summed E-state index contributed by atoms with van der Waals surface area (Å²) in [6, 6.07) is 7.17. The Balaban J connectivity index is 1.70. The Morgan fingerprint density at radius 3 is 2.79 bits per heavy atom. The monoisotopic (exact) mass is 346 g/mol. The number of carbonyl (C=O) groups is 2. The molecule has 8 heteroatoms. The molecule has 0 radical (unpaired) electrons. The molecule has 1 amide bonds. The number of carbonyl (C=O) groups excluding carboxylic acids is 2. The number of amides is 1. The van der Waals surface area contributed by atoms with Crippen LogP contribution in [-0.2, 0) is 16.1 Å². The van der Waals surface area contributed by atoms with Gasteiger partial charge in [0, 0.05) is 6.54 Å². The Hall–Kier alpha value is -2.35. The van der Waals surface area contributed by atoms with E-state index in [9.17, 15) is 9.59 Å². The van der Waals surface area contributed by atoms with Crippen molar-refractivity contribution in [3.8, 4) is 0 Å². The SMILES string of the molecule is CCN1C(=O)CS[C@@H]1c1cn(Cc2ccc(C(=O)OC)cc2)nn1. The first-order valence-electron chi connectivity index (χ1n) is 7.60. The van der Waals surface area contributed by atoms with Crippen LogP contribution in [0.5, 0.6) is 0 Å². The van der Waals surface area contributed by atoms with E-state index in [4.69, 9.17) is 0 Å². The predicted molar refractivity (Wildman–Crippen MR) is 89.5 cm³/mol. The molecular formula is C16H18N4O3S. The molecule has 0 unspecified atom stereocenters. The van der Waals surface area contributed by atoms with Crippen LogP contribution in [-0.4, -0.2) is 51.2 Å². The van der Waals surface area contributed by atoms with Crippen molar-refractivity contribution in [2.45, 2.75) is 18.8 Å². The zero-order valence-electron chi connectivity index (χ0n) is 13.5. The molecule has 0 N–H and O–H groups in total. The van der Waals surface area contributed by atoms with Crippen molar-refractivity contribution in [3.05, 3.63) is 47.3 Å². The number of hydrogen-bond donors (Lipinski definition) is 0. The van der Waals surface area contributed by atoms with E-state index < -0.39 is 0 Å². The number of nitrogens with zero attached hydrogens (tertiary/aromatic N) is 4. The Labute approximate surface area is 144 Å². The van der Waals surface area contributed by atoms with Gasteiger partial charge >= 0.3 is 5.97 Å². The van der Waals surface area contributed by atoms with Gasteiger partial charge < -0.3 is 9.64 Å². The van der Waals surface area contributed by atoms with Crippen molar-refractivity contribution in [1.29, 1.82) is 0 Å². The maximum atomic E-state index is 11.8. The number of methoxy groups -OCH3 is 1. The summed E-state index contributed by atoms with van der Waals surface area (Å²) in [4.78, 5) is 25.1. The Kier molecular flexibility index (Phi) is 4.84. The highest BCUT2D eigenvalue weighted by molar-refractivity contribution is 8.00. The normalized spacial score (nSPS) is 17.3. The van der Waals surface area contributed by atoms with Crippen molar-refractivity contribution in [2.24, 2.45) is 0 Å². The second-order valence-electron chi connectivity index (χ2n) is 5.37.